The summed E-state index contributed by atoms with van der Waals surface area (Å²) in [5.74, 6) is -0.00727. The van der Waals surface area contributed by atoms with Crippen LogP contribution in [0.25, 0.3) is 10.9 Å². The SMILES string of the molecule is CCN(CC(=O)NC(C)C)c1c(N)cnc2ccccc12. The van der Waals surface area contributed by atoms with Crippen molar-refractivity contribution >= 4 is 28.2 Å². The van der Waals surface area contributed by atoms with E-state index in [9.17, 15) is 4.79 Å². The molecule has 3 N–H and O–H groups in total. The molecule has 0 unspecified atom stereocenters. The molecule has 0 radical (unpaired) electrons. The second-order valence-electron chi connectivity index (χ2n) is 5.32. The van der Waals surface area contributed by atoms with E-state index in [0.717, 1.165) is 16.6 Å². The lowest BCUT2D eigenvalue weighted by atomic mass is 10.1. The molecule has 1 aromatic heterocycles. The molecule has 0 atom stereocenters. The zero-order valence-electron chi connectivity index (χ0n) is 12.8. The lowest BCUT2D eigenvalue weighted by Crippen LogP contribution is -2.40. The molecule has 0 aliphatic heterocycles. The van der Waals surface area contributed by atoms with Gasteiger partial charge in [0, 0.05) is 18.0 Å². The van der Waals surface area contributed by atoms with Crippen LogP contribution in [0.3, 0.4) is 0 Å². The van der Waals surface area contributed by atoms with Crippen molar-refractivity contribution in [3.05, 3.63) is 30.5 Å². The number of amides is 1. The molecule has 1 heterocycles. The maximum Gasteiger partial charge on any atom is 0.239 e. The molecule has 1 aromatic carbocycles. The van der Waals surface area contributed by atoms with Crippen LogP contribution in [-0.2, 0) is 4.79 Å². The van der Waals surface area contributed by atoms with Gasteiger partial charge in [0.25, 0.3) is 0 Å². The van der Waals surface area contributed by atoms with Gasteiger partial charge in [-0.3, -0.25) is 9.78 Å². The number of nitrogen functional groups attached to an aromatic ring is 1. The van der Waals surface area contributed by atoms with Gasteiger partial charge in [0.1, 0.15) is 0 Å². The summed E-state index contributed by atoms with van der Waals surface area (Å²) in [7, 11) is 0. The summed E-state index contributed by atoms with van der Waals surface area (Å²) in [4.78, 5) is 18.4. The monoisotopic (exact) mass is 286 g/mol. The lowest BCUT2D eigenvalue weighted by Gasteiger charge is -2.25. The van der Waals surface area contributed by atoms with Crippen molar-refractivity contribution in [1.82, 2.24) is 10.3 Å². The number of likely N-dealkylation sites (N-methyl/N-ethyl adjacent to an activating group) is 1. The predicted octanol–water partition coefficient (Wildman–Crippen LogP) is 2.17. The molecule has 0 aliphatic rings. The summed E-state index contributed by atoms with van der Waals surface area (Å²) in [5, 5.41) is 3.88. The predicted molar refractivity (Wildman–Crippen MR) is 87.3 cm³/mol. The molecule has 2 rings (SSSR count). The lowest BCUT2D eigenvalue weighted by molar-refractivity contribution is -0.120. The van der Waals surface area contributed by atoms with Crippen LogP contribution < -0.4 is 16.0 Å². The fourth-order valence-electron chi connectivity index (χ4n) is 2.39. The van der Waals surface area contributed by atoms with Gasteiger partial charge >= 0.3 is 0 Å². The Hall–Kier alpha value is -2.30. The summed E-state index contributed by atoms with van der Waals surface area (Å²) >= 11 is 0. The van der Waals surface area contributed by atoms with Gasteiger partial charge < -0.3 is 16.0 Å². The number of rotatable bonds is 5. The average Bonchev–Trinajstić information content (AvgIpc) is 2.44. The number of anilines is 2. The van der Waals surface area contributed by atoms with E-state index in [0.29, 0.717) is 12.2 Å². The van der Waals surface area contributed by atoms with E-state index in [4.69, 9.17) is 5.73 Å². The van der Waals surface area contributed by atoms with Gasteiger partial charge in [-0.25, -0.2) is 0 Å². The van der Waals surface area contributed by atoms with E-state index in [2.05, 4.69) is 10.3 Å². The Morgan fingerprint density at radius 2 is 2.10 bits per heavy atom. The Kier molecular flexibility index (Phi) is 4.62. The third-order valence-corrected chi connectivity index (χ3v) is 3.26. The first-order valence-corrected chi connectivity index (χ1v) is 7.20. The minimum Gasteiger partial charge on any atom is -0.396 e. The third-order valence-electron chi connectivity index (χ3n) is 3.26. The van der Waals surface area contributed by atoms with Crippen molar-refractivity contribution in [2.24, 2.45) is 0 Å². The zero-order chi connectivity index (χ0) is 15.4. The molecule has 0 bridgehead atoms. The van der Waals surface area contributed by atoms with E-state index in [1.165, 1.54) is 0 Å². The first-order valence-electron chi connectivity index (χ1n) is 7.20. The van der Waals surface area contributed by atoms with Gasteiger partial charge in [-0.2, -0.15) is 0 Å². The number of para-hydroxylation sites is 1. The van der Waals surface area contributed by atoms with Crippen LogP contribution in [0.4, 0.5) is 11.4 Å². The summed E-state index contributed by atoms with van der Waals surface area (Å²) < 4.78 is 0. The molecule has 0 saturated heterocycles. The Labute approximate surface area is 125 Å². The van der Waals surface area contributed by atoms with Gasteiger partial charge in [-0.1, -0.05) is 18.2 Å². The van der Waals surface area contributed by atoms with Crippen molar-refractivity contribution in [1.29, 1.82) is 0 Å². The fraction of sp³-hybridized carbons (Fsp3) is 0.375. The molecule has 0 aliphatic carbocycles. The van der Waals surface area contributed by atoms with E-state index in [-0.39, 0.29) is 18.5 Å². The molecule has 21 heavy (non-hydrogen) atoms. The molecule has 1 amide bonds. The molecule has 2 aromatic rings. The molecule has 112 valence electrons. The summed E-state index contributed by atoms with van der Waals surface area (Å²) in [6, 6.07) is 7.95. The smallest absolute Gasteiger partial charge is 0.239 e. The Bertz CT molecular complexity index is 639. The Morgan fingerprint density at radius 3 is 2.76 bits per heavy atom. The standard InChI is InChI=1S/C16H22N4O/c1-4-20(10-15(21)19-11(2)3)16-12-7-5-6-8-14(12)18-9-13(16)17/h5-9,11H,4,10,17H2,1-3H3,(H,19,21). The summed E-state index contributed by atoms with van der Waals surface area (Å²) in [5.41, 5.74) is 8.45. The molecule has 0 spiro atoms. The summed E-state index contributed by atoms with van der Waals surface area (Å²) in [6.45, 7) is 6.89. The highest BCUT2D eigenvalue weighted by Gasteiger charge is 2.16. The quantitative estimate of drug-likeness (QED) is 0.883. The number of carbonyl (C=O) groups is 1. The van der Waals surface area contributed by atoms with Gasteiger partial charge in [0.2, 0.25) is 5.91 Å². The van der Waals surface area contributed by atoms with Gasteiger partial charge in [-0.05, 0) is 26.8 Å². The maximum absolute atomic E-state index is 12.0. The molecular weight excluding hydrogens is 264 g/mol. The number of nitrogens with zero attached hydrogens (tertiary/aromatic N) is 2. The second-order valence-corrected chi connectivity index (χ2v) is 5.32. The number of hydrogen-bond donors (Lipinski definition) is 2. The van der Waals surface area contributed by atoms with E-state index < -0.39 is 0 Å². The first kappa shape index (κ1) is 15.1. The zero-order valence-corrected chi connectivity index (χ0v) is 12.8. The van der Waals surface area contributed by atoms with E-state index in [1.54, 1.807) is 6.20 Å². The maximum atomic E-state index is 12.0. The minimum atomic E-state index is -0.00727. The highest BCUT2D eigenvalue weighted by atomic mass is 16.2. The topological polar surface area (TPSA) is 71.2 Å². The molecule has 0 saturated carbocycles. The van der Waals surface area contributed by atoms with Crippen molar-refractivity contribution in [2.75, 3.05) is 23.7 Å². The van der Waals surface area contributed by atoms with E-state index in [1.807, 2.05) is 49.9 Å². The second kappa shape index (κ2) is 6.43. The van der Waals surface area contributed by atoms with Crippen LogP contribution >= 0.6 is 0 Å². The Morgan fingerprint density at radius 1 is 1.38 bits per heavy atom. The van der Waals surface area contributed by atoms with Crippen LogP contribution in [0.1, 0.15) is 20.8 Å². The molecule has 5 heteroatoms. The number of nitrogens with one attached hydrogen (secondary N) is 1. The number of hydrogen-bond acceptors (Lipinski definition) is 4. The summed E-state index contributed by atoms with van der Waals surface area (Å²) in [6.07, 6.45) is 1.65. The van der Waals surface area contributed by atoms with Gasteiger partial charge in [0.05, 0.1) is 29.6 Å². The van der Waals surface area contributed by atoms with E-state index >= 15 is 0 Å². The normalized spacial score (nSPS) is 10.9. The highest BCUT2D eigenvalue weighted by molar-refractivity contribution is 5.98. The first-order chi connectivity index (χ1) is 10.0. The highest BCUT2D eigenvalue weighted by Crippen LogP contribution is 2.31. The van der Waals surface area contributed by atoms with Crippen LogP contribution in [0.5, 0.6) is 0 Å². The van der Waals surface area contributed by atoms with Gasteiger partial charge in [-0.15, -0.1) is 0 Å². The Balaban J connectivity index is 2.38. The number of aromatic nitrogens is 1. The van der Waals surface area contributed by atoms with Crippen LogP contribution in [0.2, 0.25) is 0 Å². The minimum absolute atomic E-state index is 0.00727. The van der Waals surface area contributed by atoms with Crippen LogP contribution in [-0.4, -0.2) is 30.0 Å². The van der Waals surface area contributed by atoms with Gasteiger partial charge in [0.15, 0.2) is 0 Å². The number of pyridine rings is 1. The number of nitrogens with two attached hydrogens (primary N) is 1. The number of benzene rings is 1. The molecular formula is C16H22N4O. The van der Waals surface area contributed by atoms with Crippen molar-refractivity contribution in [3.8, 4) is 0 Å². The van der Waals surface area contributed by atoms with Crippen LogP contribution in [0.15, 0.2) is 30.5 Å². The van der Waals surface area contributed by atoms with Crippen LogP contribution in [0, 0.1) is 0 Å². The average molecular weight is 286 g/mol. The molecule has 0 fully saturated rings. The fourth-order valence-corrected chi connectivity index (χ4v) is 2.39. The number of fused-ring (bicyclic) bond motifs is 1. The van der Waals surface area contributed by atoms with Crippen molar-refractivity contribution in [3.63, 3.8) is 0 Å². The molecule has 5 nitrogen and oxygen atoms in total. The third kappa shape index (κ3) is 3.42. The number of carbonyl (C=O) groups excluding carboxylic acids is 1. The van der Waals surface area contributed by atoms with Crippen molar-refractivity contribution < 1.29 is 4.79 Å². The largest absolute Gasteiger partial charge is 0.396 e. The van der Waals surface area contributed by atoms with Crippen molar-refractivity contribution in [2.45, 2.75) is 26.8 Å².